The summed E-state index contributed by atoms with van der Waals surface area (Å²) in [6.45, 7) is 0.231. The maximum absolute atomic E-state index is 11.7. The van der Waals surface area contributed by atoms with Crippen LogP contribution in [0.5, 0.6) is 5.75 Å². The van der Waals surface area contributed by atoms with Crippen molar-refractivity contribution in [3.05, 3.63) is 67.5 Å². The van der Waals surface area contributed by atoms with Crippen LogP contribution in [0.15, 0.2) is 41.3 Å². The highest BCUT2D eigenvalue weighted by molar-refractivity contribution is 8.18. The lowest BCUT2D eigenvalue weighted by Crippen LogP contribution is -2.18. The maximum atomic E-state index is 11.7. The van der Waals surface area contributed by atoms with E-state index in [0.717, 1.165) is 17.3 Å². The van der Waals surface area contributed by atoms with Crippen molar-refractivity contribution in [1.29, 1.82) is 5.41 Å². The lowest BCUT2D eigenvalue weighted by molar-refractivity contribution is -0.115. The molecule has 2 aromatic rings. The largest absolute Gasteiger partial charge is 0.486 e. The van der Waals surface area contributed by atoms with Crippen LogP contribution in [-0.4, -0.2) is 11.1 Å². The summed E-state index contributed by atoms with van der Waals surface area (Å²) in [5.74, 6) is 0.0305. The minimum atomic E-state index is -0.318. The standard InChI is InChI=1S/C17H11Cl3N2O2S/c18-11-4-2-1-3-10(11)8-24-15-12(19)5-9(6-13(15)20)7-14-16(23)22-17(21)25-14/h1-7H,8H2,(H2,21,22,23)/b14-7-. The van der Waals surface area contributed by atoms with Crippen LogP contribution < -0.4 is 10.1 Å². The summed E-state index contributed by atoms with van der Waals surface area (Å²) in [5.41, 5.74) is 1.47. The molecule has 1 saturated heterocycles. The topological polar surface area (TPSA) is 62.2 Å². The molecular weight excluding hydrogens is 403 g/mol. The van der Waals surface area contributed by atoms with Crippen molar-refractivity contribution in [3.8, 4) is 5.75 Å². The number of rotatable bonds is 4. The van der Waals surface area contributed by atoms with Gasteiger partial charge in [-0.2, -0.15) is 0 Å². The van der Waals surface area contributed by atoms with E-state index >= 15 is 0 Å². The monoisotopic (exact) mass is 412 g/mol. The molecule has 0 radical (unpaired) electrons. The van der Waals surface area contributed by atoms with E-state index in [1.54, 1.807) is 24.3 Å². The number of amides is 1. The normalized spacial score (nSPS) is 15.6. The number of carbonyl (C=O) groups is 1. The predicted molar refractivity (Wildman–Crippen MR) is 104 cm³/mol. The molecule has 0 spiro atoms. The van der Waals surface area contributed by atoms with Gasteiger partial charge in [-0.05, 0) is 41.6 Å². The van der Waals surface area contributed by atoms with E-state index in [4.69, 9.17) is 44.9 Å². The minimum absolute atomic E-state index is 0.0909. The summed E-state index contributed by atoms with van der Waals surface area (Å²) in [6.07, 6.45) is 1.62. The van der Waals surface area contributed by atoms with E-state index in [9.17, 15) is 4.79 Å². The van der Waals surface area contributed by atoms with Gasteiger partial charge in [0.05, 0.1) is 15.0 Å². The zero-order chi connectivity index (χ0) is 18.0. The third-order valence-corrected chi connectivity index (χ3v) is 5.07. The molecule has 1 fully saturated rings. The molecule has 2 aromatic carbocycles. The first-order valence-corrected chi connectivity index (χ1v) is 9.04. The molecule has 25 heavy (non-hydrogen) atoms. The fourth-order valence-corrected chi connectivity index (χ4v) is 3.66. The van der Waals surface area contributed by atoms with Crippen LogP contribution in [0.4, 0.5) is 0 Å². The summed E-state index contributed by atoms with van der Waals surface area (Å²) < 4.78 is 5.71. The third kappa shape index (κ3) is 4.30. The average Bonchev–Trinajstić information content (AvgIpc) is 2.85. The number of hydrogen-bond acceptors (Lipinski definition) is 4. The maximum Gasteiger partial charge on any atom is 0.264 e. The van der Waals surface area contributed by atoms with Crippen molar-refractivity contribution >= 4 is 63.7 Å². The average molecular weight is 414 g/mol. The van der Waals surface area contributed by atoms with E-state index in [1.807, 2.05) is 18.2 Å². The fourth-order valence-electron chi connectivity index (χ4n) is 2.16. The lowest BCUT2D eigenvalue weighted by atomic mass is 10.2. The van der Waals surface area contributed by atoms with Crippen molar-refractivity contribution in [2.75, 3.05) is 0 Å². The second-order valence-corrected chi connectivity index (χ2v) is 7.36. The molecule has 8 heteroatoms. The summed E-state index contributed by atoms with van der Waals surface area (Å²) in [7, 11) is 0. The smallest absolute Gasteiger partial charge is 0.264 e. The molecule has 1 aliphatic heterocycles. The predicted octanol–water partition coefficient (Wildman–Crippen LogP) is 5.36. The molecule has 0 unspecified atom stereocenters. The summed E-state index contributed by atoms with van der Waals surface area (Å²) in [6, 6.07) is 10.6. The van der Waals surface area contributed by atoms with Crippen molar-refractivity contribution in [1.82, 2.24) is 5.32 Å². The van der Waals surface area contributed by atoms with Gasteiger partial charge in [0.2, 0.25) is 0 Å². The third-order valence-electron chi connectivity index (χ3n) is 3.31. The Bertz CT molecular complexity index is 876. The van der Waals surface area contributed by atoms with Gasteiger partial charge in [0.25, 0.3) is 5.91 Å². The van der Waals surface area contributed by atoms with Crippen molar-refractivity contribution in [2.24, 2.45) is 0 Å². The molecule has 3 rings (SSSR count). The van der Waals surface area contributed by atoms with Crippen LogP contribution in [0.1, 0.15) is 11.1 Å². The highest BCUT2D eigenvalue weighted by Gasteiger charge is 2.22. The van der Waals surface area contributed by atoms with E-state index in [1.165, 1.54) is 0 Å². The van der Waals surface area contributed by atoms with Gasteiger partial charge in [-0.25, -0.2) is 0 Å². The second-order valence-electron chi connectivity index (χ2n) is 5.09. The molecule has 0 aliphatic carbocycles. The van der Waals surface area contributed by atoms with Gasteiger partial charge in [0.15, 0.2) is 10.9 Å². The number of carbonyl (C=O) groups excluding carboxylic acids is 1. The van der Waals surface area contributed by atoms with Crippen LogP contribution in [-0.2, 0) is 11.4 Å². The second kappa shape index (κ2) is 7.70. The first-order chi connectivity index (χ1) is 11.9. The van der Waals surface area contributed by atoms with Crippen LogP contribution in [0, 0.1) is 5.41 Å². The van der Waals surface area contributed by atoms with Gasteiger partial charge in [-0.1, -0.05) is 53.0 Å². The molecule has 1 heterocycles. The molecule has 0 bridgehead atoms. The first-order valence-electron chi connectivity index (χ1n) is 7.09. The van der Waals surface area contributed by atoms with E-state index in [0.29, 0.717) is 31.3 Å². The first kappa shape index (κ1) is 18.1. The molecule has 128 valence electrons. The molecule has 0 saturated carbocycles. The number of benzene rings is 2. The zero-order valence-corrected chi connectivity index (χ0v) is 15.7. The van der Waals surface area contributed by atoms with Crippen LogP contribution in [0.3, 0.4) is 0 Å². The molecule has 1 aliphatic rings. The number of thioether (sulfide) groups is 1. The number of nitrogens with one attached hydrogen (secondary N) is 2. The Kier molecular flexibility index (Phi) is 5.59. The van der Waals surface area contributed by atoms with Gasteiger partial charge in [-0.15, -0.1) is 0 Å². The molecule has 2 N–H and O–H groups in total. The van der Waals surface area contributed by atoms with Crippen LogP contribution >= 0.6 is 46.6 Å². The fraction of sp³-hybridized carbons (Fsp3) is 0.0588. The highest BCUT2D eigenvalue weighted by Crippen LogP contribution is 2.36. The molecule has 0 aromatic heterocycles. The minimum Gasteiger partial charge on any atom is -0.486 e. The molecule has 1 amide bonds. The number of halogens is 3. The van der Waals surface area contributed by atoms with Gasteiger partial charge in [-0.3, -0.25) is 10.2 Å². The Balaban J connectivity index is 1.81. The van der Waals surface area contributed by atoms with Gasteiger partial charge < -0.3 is 10.1 Å². The Morgan fingerprint density at radius 1 is 1.12 bits per heavy atom. The number of hydrogen-bond donors (Lipinski definition) is 2. The molecular formula is C17H11Cl3N2O2S. The number of amidine groups is 1. The SMILES string of the molecule is N=C1NC(=O)/C(=C/c2cc(Cl)c(OCc3ccccc3Cl)c(Cl)c2)S1. The Labute approximate surface area is 163 Å². The van der Waals surface area contributed by atoms with Gasteiger partial charge in [0.1, 0.15) is 6.61 Å². The summed E-state index contributed by atoms with van der Waals surface area (Å²) >= 11 is 19.7. The Morgan fingerprint density at radius 3 is 2.40 bits per heavy atom. The van der Waals surface area contributed by atoms with Crippen LogP contribution in [0.2, 0.25) is 15.1 Å². The van der Waals surface area contributed by atoms with Crippen molar-refractivity contribution < 1.29 is 9.53 Å². The van der Waals surface area contributed by atoms with E-state index < -0.39 is 0 Å². The van der Waals surface area contributed by atoms with Crippen molar-refractivity contribution in [3.63, 3.8) is 0 Å². The summed E-state index contributed by atoms with van der Waals surface area (Å²) in [4.78, 5) is 12.1. The zero-order valence-electron chi connectivity index (χ0n) is 12.6. The Hall–Kier alpha value is -1.66. The highest BCUT2D eigenvalue weighted by atomic mass is 35.5. The Morgan fingerprint density at radius 2 is 1.80 bits per heavy atom. The number of ether oxygens (including phenoxy) is 1. The molecule has 0 atom stereocenters. The quantitative estimate of drug-likeness (QED) is 0.663. The van der Waals surface area contributed by atoms with E-state index in [-0.39, 0.29) is 17.7 Å². The van der Waals surface area contributed by atoms with Crippen LogP contribution in [0.25, 0.3) is 6.08 Å². The van der Waals surface area contributed by atoms with Gasteiger partial charge in [0, 0.05) is 10.6 Å². The van der Waals surface area contributed by atoms with Gasteiger partial charge >= 0.3 is 0 Å². The molecule has 4 nitrogen and oxygen atoms in total. The summed E-state index contributed by atoms with van der Waals surface area (Å²) in [5, 5.41) is 11.2. The lowest BCUT2D eigenvalue weighted by Gasteiger charge is -2.12. The van der Waals surface area contributed by atoms with E-state index in [2.05, 4.69) is 5.32 Å². The van der Waals surface area contributed by atoms with Crippen molar-refractivity contribution in [2.45, 2.75) is 6.61 Å².